The van der Waals surface area contributed by atoms with Crippen LogP contribution < -0.4 is 0 Å². The third-order valence-electron chi connectivity index (χ3n) is 0.843. The zero-order chi connectivity index (χ0) is 8.69. The fraction of sp³-hybridized carbons (Fsp3) is 0.429. The molecule has 0 unspecified atom stereocenters. The Bertz CT molecular complexity index is 171. The number of rotatable bonds is 3. The second-order valence-corrected chi connectivity index (χ2v) is 1.69. The van der Waals surface area contributed by atoms with Gasteiger partial charge in [0.2, 0.25) is 0 Å². The van der Waals surface area contributed by atoms with Gasteiger partial charge in [0, 0.05) is 6.42 Å². The molecule has 0 fully saturated rings. The molecule has 0 heterocycles. The third kappa shape index (κ3) is 5.14. The van der Waals surface area contributed by atoms with Crippen LogP contribution in [0.2, 0.25) is 0 Å². The minimum absolute atomic E-state index is 0.187. The highest BCUT2D eigenvalue weighted by molar-refractivity contribution is 5.91. The molecule has 0 aromatic rings. The molecule has 11 heavy (non-hydrogen) atoms. The summed E-state index contributed by atoms with van der Waals surface area (Å²) in [5, 5.41) is 0. The first kappa shape index (κ1) is 9.68. The summed E-state index contributed by atoms with van der Waals surface area (Å²) in [7, 11) is 1.39. The van der Waals surface area contributed by atoms with Crippen molar-refractivity contribution in [3.05, 3.63) is 12.3 Å². The first-order valence-electron chi connectivity index (χ1n) is 3.14. The molecule has 0 aliphatic rings. The van der Waals surface area contributed by atoms with Crippen molar-refractivity contribution in [2.75, 3.05) is 7.11 Å². The molecule has 0 bridgehead atoms. The lowest BCUT2D eigenvalue weighted by Crippen LogP contribution is -2.08. The van der Waals surface area contributed by atoms with Gasteiger partial charge in [0.1, 0.15) is 0 Å². The molecule has 0 aliphatic carbocycles. The van der Waals surface area contributed by atoms with E-state index in [0.717, 1.165) is 12.3 Å². The van der Waals surface area contributed by atoms with Gasteiger partial charge in [0.05, 0.1) is 19.4 Å². The van der Waals surface area contributed by atoms with Crippen molar-refractivity contribution in [1.82, 2.24) is 0 Å². The third-order valence-corrected chi connectivity index (χ3v) is 0.843. The molecule has 0 spiro atoms. The summed E-state index contributed by atoms with van der Waals surface area (Å²) in [6.45, 7) is 1.61. The van der Waals surface area contributed by atoms with Gasteiger partial charge in [-0.3, -0.25) is 4.79 Å². The number of carbonyl (C=O) groups is 2. The molecule has 0 aromatic carbocycles. The van der Waals surface area contributed by atoms with E-state index in [1.807, 2.05) is 0 Å². The zero-order valence-corrected chi connectivity index (χ0v) is 6.49. The maximum absolute atomic E-state index is 10.6. The Morgan fingerprint density at radius 2 is 2.09 bits per heavy atom. The highest BCUT2D eigenvalue weighted by atomic mass is 16.6. The van der Waals surface area contributed by atoms with Crippen molar-refractivity contribution < 1.29 is 19.1 Å². The summed E-state index contributed by atoms with van der Waals surface area (Å²) in [6, 6.07) is 0. The van der Waals surface area contributed by atoms with Crippen LogP contribution in [-0.4, -0.2) is 19.0 Å². The van der Waals surface area contributed by atoms with Gasteiger partial charge in [-0.15, -0.1) is 0 Å². The van der Waals surface area contributed by atoms with Crippen molar-refractivity contribution in [1.29, 1.82) is 0 Å². The number of methoxy groups -OCH3 is 1. The molecule has 0 N–H and O–H groups in total. The standard InChI is InChI=1S/C7H10O4/c1-3-6(8)11-7(9)4-5-10-2/h4-5H,3H2,1-2H3. The van der Waals surface area contributed by atoms with Gasteiger partial charge in [-0.2, -0.15) is 0 Å². The topological polar surface area (TPSA) is 52.6 Å². The lowest BCUT2D eigenvalue weighted by atomic mass is 10.5. The second-order valence-electron chi connectivity index (χ2n) is 1.69. The molecule has 0 amide bonds. The molecule has 4 nitrogen and oxygen atoms in total. The van der Waals surface area contributed by atoms with Crippen LogP contribution >= 0.6 is 0 Å². The van der Waals surface area contributed by atoms with Gasteiger partial charge in [-0.05, 0) is 0 Å². The largest absolute Gasteiger partial charge is 0.504 e. The van der Waals surface area contributed by atoms with Gasteiger partial charge >= 0.3 is 11.9 Å². The molecule has 0 saturated heterocycles. The maximum Gasteiger partial charge on any atom is 0.341 e. The van der Waals surface area contributed by atoms with Crippen molar-refractivity contribution in [3.63, 3.8) is 0 Å². The Morgan fingerprint density at radius 3 is 2.55 bits per heavy atom. The highest BCUT2D eigenvalue weighted by Gasteiger charge is 2.03. The van der Waals surface area contributed by atoms with Crippen molar-refractivity contribution in [3.8, 4) is 0 Å². The Labute approximate surface area is 64.8 Å². The number of hydrogen-bond donors (Lipinski definition) is 0. The fourth-order valence-corrected chi connectivity index (χ4v) is 0.342. The lowest BCUT2D eigenvalue weighted by Gasteiger charge is -1.94. The first-order chi connectivity index (χ1) is 5.20. The predicted octanol–water partition coefficient (Wildman–Crippen LogP) is 0.626. The van der Waals surface area contributed by atoms with E-state index in [4.69, 9.17) is 0 Å². The Balaban J connectivity index is 3.69. The number of esters is 2. The fourth-order valence-electron chi connectivity index (χ4n) is 0.342. The van der Waals surface area contributed by atoms with E-state index in [0.29, 0.717) is 0 Å². The average molecular weight is 158 g/mol. The summed E-state index contributed by atoms with van der Waals surface area (Å²) in [5.41, 5.74) is 0. The van der Waals surface area contributed by atoms with Crippen LogP contribution in [0.4, 0.5) is 0 Å². The quantitative estimate of drug-likeness (QED) is 0.261. The molecule has 0 rings (SSSR count). The Morgan fingerprint density at radius 1 is 1.45 bits per heavy atom. The maximum atomic E-state index is 10.6. The molecule has 0 saturated carbocycles. The van der Waals surface area contributed by atoms with E-state index >= 15 is 0 Å². The van der Waals surface area contributed by atoms with Crippen LogP contribution in [0.25, 0.3) is 0 Å². The molecule has 62 valence electrons. The summed E-state index contributed by atoms with van der Waals surface area (Å²) < 4.78 is 8.69. The van der Waals surface area contributed by atoms with E-state index in [9.17, 15) is 9.59 Å². The van der Waals surface area contributed by atoms with Gasteiger partial charge < -0.3 is 9.47 Å². The Hall–Kier alpha value is -1.32. The molecule has 0 radical (unpaired) electrons. The molecular formula is C7H10O4. The van der Waals surface area contributed by atoms with Crippen molar-refractivity contribution in [2.45, 2.75) is 13.3 Å². The lowest BCUT2D eigenvalue weighted by molar-refractivity contribution is -0.155. The molecule has 0 aliphatic heterocycles. The number of carbonyl (C=O) groups excluding carboxylic acids is 2. The van der Waals surface area contributed by atoms with Gasteiger partial charge in [-0.1, -0.05) is 6.92 Å². The van der Waals surface area contributed by atoms with Crippen LogP contribution in [0.5, 0.6) is 0 Å². The second kappa shape index (κ2) is 5.46. The van der Waals surface area contributed by atoms with E-state index in [1.54, 1.807) is 6.92 Å². The normalized spacial score (nSPS) is 9.64. The molecule has 4 heteroatoms. The number of hydrogen-bond acceptors (Lipinski definition) is 4. The monoisotopic (exact) mass is 158 g/mol. The van der Waals surface area contributed by atoms with Crippen molar-refractivity contribution >= 4 is 11.9 Å². The van der Waals surface area contributed by atoms with Gasteiger partial charge in [0.15, 0.2) is 0 Å². The highest BCUT2D eigenvalue weighted by Crippen LogP contribution is 1.87. The van der Waals surface area contributed by atoms with Crippen LogP contribution in [0.15, 0.2) is 12.3 Å². The SMILES string of the molecule is CCC(=O)OC(=O)C=COC. The van der Waals surface area contributed by atoms with Crippen LogP contribution in [0.1, 0.15) is 13.3 Å². The van der Waals surface area contributed by atoms with Gasteiger partial charge in [-0.25, -0.2) is 4.79 Å². The van der Waals surface area contributed by atoms with E-state index in [-0.39, 0.29) is 6.42 Å². The summed E-state index contributed by atoms with van der Waals surface area (Å²) in [6.07, 6.45) is 2.37. The summed E-state index contributed by atoms with van der Waals surface area (Å²) in [5.74, 6) is -1.26. The summed E-state index contributed by atoms with van der Waals surface area (Å²) in [4.78, 5) is 21.0. The molecule has 0 aromatic heterocycles. The summed E-state index contributed by atoms with van der Waals surface area (Å²) >= 11 is 0. The molecule has 0 atom stereocenters. The smallest absolute Gasteiger partial charge is 0.341 e. The molecular weight excluding hydrogens is 148 g/mol. The van der Waals surface area contributed by atoms with Crippen LogP contribution in [-0.2, 0) is 19.1 Å². The van der Waals surface area contributed by atoms with E-state index in [1.165, 1.54) is 7.11 Å². The minimum atomic E-state index is -0.710. The Kier molecular flexibility index (Phi) is 4.81. The van der Waals surface area contributed by atoms with E-state index < -0.39 is 11.9 Å². The van der Waals surface area contributed by atoms with E-state index in [2.05, 4.69) is 9.47 Å². The van der Waals surface area contributed by atoms with Crippen molar-refractivity contribution in [2.24, 2.45) is 0 Å². The average Bonchev–Trinajstić information content (AvgIpc) is 2.00. The van der Waals surface area contributed by atoms with Gasteiger partial charge in [0.25, 0.3) is 0 Å². The first-order valence-corrected chi connectivity index (χ1v) is 3.14. The predicted molar refractivity (Wildman–Crippen MR) is 37.5 cm³/mol. The van der Waals surface area contributed by atoms with Crippen LogP contribution in [0.3, 0.4) is 0 Å². The number of ether oxygens (including phenoxy) is 2. The zero-order valence-electron chi connectivity index (χ0n) is 6.49. The minimum Gasteiger partial charge on any atom is -0.504 e. The van der Waals surface area contributed by atoms with Crippen LogP contribution in [0, 0.1) is 0 Å².